The van der Waals surface area contributed by atoms with Crippen LogP contribution in [0, 0.1) is 5.82 Å². The van der Waals surface area contributed by atoms with Gasteiger partial charge in [-0.15, -0.1) is 0 Å². The van der Waals surface area contributed by atoms with Crippen LogP contribution in [0.3, 0.4) is 0 Å². The minimum Gasteiger partial charge on any atom is -0.496 e. The molecule has 1 aliphatic rings. The fraction of sp³-hybridized carbons (Fsp3) is 0.316. The maximum Gasteiger partial charge on any atom is 0.227 e. The van der Waals surface area contributed by atoms with Crippen LogP contribution in [-0.4, -0.2) is 37.6 Å². The molecule has 1 fully saturated rings. The van der Waals surface area contributed by atoms with Crippen LogP contribution >= 0.6 is 11.6 Å². The summed E-state index contributed by atoms with van der Waals surface area (Å²) in [5.74, 6) is 0.132. The van der Waals surface area contributed by atoms with Gasteiger partial charge in [0.15, 0.2) is 0 Å². The second-order valence-electron chi connectivity index (χ2n) is 5.93. The predicted molar refractivity (Wildman–Crippen MR) is 95.4 cm³/mol. The van der Waals surface area contributed by atoms with Crippen LogP contribution in [0.2, 0.25) is 5.02 Å². The molecule has 0 radical (unpaired) electrons. The minimum absolute atomic E-state index is 0.0584. The first-order valence-electron chi connectivity index (χ1n) is 8.17. The standard InChI is InChI=1S/C19H20ClFN2O2/c1-25-18-8-3-2-5-13(18)17-12-22-9-10-23(17)19(24)11-14-15(20)6-4-7-16(14)21/h2-8,17,22H,9-12H2,1H3. The molecule has 25 heavy (non-hydrogen) atoms. The van der Waals surface area contributed by atoms with E-state index in [1.54, 1.807) is 18.1 Å². The Morgan fingerprint density at radius 2 is 2.12 bits per heavy atom. The zero-order valence-corrected chi connectivity index (χ0v) is 14.7. The van der Waals surface area contributed by atoms with Crippen LogP contribution in [0.25, 0.3) is 0 Å². The molecule has 1 saturated heterocycles. The third-order valence-electron chi connectivity index (χ3n) is 4.45. The topological polar surface area (TPSA) is 41.6 Å². The molecule has 1 atom stereocenters. The molecule has 4 nitrogen and oxygen atoms in total. The van der Waals surface area contributed by atoms with Crippen LogP contribution in [0.1, 0.15) is 17.2 Å². The molecule has 0 spiro atoms. The molecule has 1 aliphatic heterocycles. The number of hydrogen-bond acceptors (Lipinski definition) is 3. The van der Waals surface area contributed by atoms with E-state index >= 15 is 0 Å². The summed E-state index contributed by atoms with van der Waals surface area (Å²) in [5, 5.41) is 3.58. The van der Waals surface area contributed by atoms with Crippen LogP contribution < -0.4 is 10.1 Å². The number of piperazine rings is 1. The number of carbonyl (C=O) groups is 1. The molecule has 6 heteroatoms. The van der Waals surface area contributed by atoms with Crippen molar-refractivity contribution < 1.29 is 13.9 Å². The molecular weight excluding hydrogens is 343 g/mol. The molecule has 1 heterocycles. The first kappa shape index (κ1) is 17.7. The molecule has 132 valence electrons. The van der Waals surface area contributed by atoms with E-state index in [-0.39, 0.29) is 29.0 Å². The number of amides is 1. The summed E-state index contributed by atoms with van der Waals surface area (Å²) in [6.07, 6.45) is -0.0584. The van der Waals surface area contributed by atoms with E-state index in [4.69, 9.17) is 16.3 Å². The van der Waals surface area contributed by atoms with Crippen molar-refractivity contribution >= 4 is 17.5 Å². The summed E-state index contributed by atoms with van der Waals surface area (Å²) >= 11 is 6.07. The second-order valence-corrected chi connectivity index (χ2v) is 6.33. The molecule has 3 rings (SSSR count). The van der Waals surface area contributed by atoms with E-state index in [2.05, 4.69) is 5.32 Å². The van der Waals surface area contributed by atoms with E-state index in [0.29, 0.717) is 19.6 Å². The zero-order valence-electron chi connectivity index (χ0n) is 14.0. The number of halogens is 2. The SMILES string of the molecule is COc1ccccc1C1CNCCN1C(=O)Cc1c(F)cccc1Cl. The number of rotatable bonds is 4. The van der Waals surface area contributed by atoms with E-state index in [9.17, 15) is 9.18 Å². The first-order chi connectivity index (χ1) is 12.1. The van der Waals surface area contributed by atoms with Crippen LogP contribution in [0.5, 0.6) is 5.75 Å². The second kappa shape index (κ2) is 7.85. The van der Waals surface area contributed by atoms with Gasteiger partial charge >= 0.3 is 0 Å². The quantitative estimate of drug-likeness (QED) is 0.908. The Morgan fingerprint density at radius 3 is 2.88 bits per heavy atom. The number of nitrogens with zero attached hydrogens (tertiary/aromatic N) is 1. The first-order valence-corrected chi connectivity index (χ1v) is 8.55. The molecular formula is C19H20ClFN2O2. The highest BCUT2D eigenvalue weighted by Gasteiger charge is 2.30. The summed E-state index contributed by atoms with van der Waals surface area (Å²) in [7, 11) is 1.61. The zero-order chi connectivity index (χ0) is 17.8. The van der Waals surface area contributed by atoms with Gasteiger partial charge in [-0.2, -0.15) is 0 Å². The lowest BCUT2D eigenvalue weighted by Gasteiger charge is -2.37. The highest BCUT2D eigenvalue weighted by Crippen LogP contribution is 2.31. The van der Waals surface area contributed by atoms with Gasteiger partial charge in [0.05, 0.1) is 19.6 Å². The third-order valence-corrected chi connectivity index (χ3v) is 4.81. The van der Waals surface area contributed by atoms with E-state index in [1.807, 2.05) is 24.3 Å². The Bertz CT molecular complexity index is 749. The summed E-state index contributed by atoms with van der Waals surface area (Å²) < 4.78 is 19.5. The monoisotopic (exact) mass is 362 g/mol. The highest BCUT2D eigenvalue weighted by molar-refractivity contribution is 6.31. The molecule has 0 bridgehead atoms. The van der Waals surface area contributed by atoms with Crippen molar-refractivity contribution in [1.29, 1.82) is 0 Å². The molecule has 1 amide bonds. The maximum atomic E-state index is 14.0. The minimum atomic E-state index is -0.454. The number of carbonyl (C=O) groups excluding carboxylic acids is 1. The van der Waals surface area contributed by atoms with Crippen molar-refractivity contribution in [3.05, 3.63) is 64.4 Å². The van der Waals surface area contributed by atoms with Gasteiger partial charge < -0.3 is 15.0 Å². The lowest BCUT2D eigenvalue weighted by Crippen LogP contribution is -2.49. The van der Waals surface area contributed by atoms with Gasteiger partial charge in [-0.1, -0.05) is 35.9 Å². The van der Waals surface area contributed by atoms with Crippen LogP contribution in [0.4, 0.5) is 4.39 Å². The maximum absolute atomic E-state index is 14.0. The fourth-order valence-electron chi connectivity index (χ4n) is 3.18. The van der Waals surface area contributed by atoms with Gasteiger partial charge in [-0.05, 0) is 18.2 Å². The number of nitrogens with one attached hydrogen (secondary N) is 1. The summed E-state index contributed by atoms with van der Waals surface area (Å²) in [5.41, 5.74) is 1.18. The molecule has 2 aromatic rings. The molecule has 2 aromatic carbocycles. The Morgan fingerprint density at radius 1 is 1.32 bits per heavy atom. The Hall–Kier alpha value is -2.11. The Kier molecular flexibility index (Phi) is 5.56. The van der Waals surface area contributed by atoms with Crippen LogP contribution in [0.15, 0.2) is 42.5 Å². The van der Waals surface area contributed by atoms with Gasteiger partial charge in [0.1, 0.15) is 11.6 Å². The van der Waals surface area contributed by atoms with E-state index in [1.165, 1.54) is 12.1 Å². The number of para-hydroxylation sites is 1. The van der Waals surface area contributed by atoms with Gasteiger partial charge in [-0.25, -0.2) is 4.39 Å². The van der Waals surface area contributed by atoms with Gasteiger partial charge in [0.25, 0.3) is 0 Å². The van der Waals surface area contributed by atoms with Crippen molar-refractivity contribution in [2.75, 3.05) is 26.7 Å². The highest BCUT2D eigenvalue weighted by atomic mass is 35.5. The summed E-state index contributed by atoms with van der Waals surface area (Å²) in [6, 6.07) is 11.9. The van der Waals surface area contributed by atoms with Crippen molar-refractivity contribution in [2.45, 2.75) is 12.5 Å². The average Bonchev–Trinajstić information content (AvgIpc) is 2.64. The Labute approximate surface area is 151 Å². The third kappa shape index (κ3) is 3.78. The van der Waals surface area contributed by atoms with Gasteiger partial charge in [0, 0.05) is 35.8 Å². The fourth-order valence-corrected chi connectivity index (χ4v) is 3.41. The Balaban J connectivity index is 1.87. The molecule has 1 N–H and O–H groups in total. The van der Waals surface area contributed by atoms with Crippen molar-refractivity contribution in [3.8, 4) is 5.75 Å². The van der Waals surface area contributed by atoms with Gasteiger partial charge in [0.2, 0.25) is 5.91 Å². The van der Waals surface area contributed by atoms with Crippen LogP contribution in [-0.2, 0) is 11.2 Å². The van der Waals surface area contributed by atoms with Crippen molar-refractivity contribution in [2.24, 2.45) is 0 Å². The summed E-state index contributed by atoms with van der Waals surface area (Å²) in [4.78, 5) is 14.7. The summed E-state index contributed by atoms with van der Waals surface area (Å²) in [6.45, 7) is 1.87. The average molecular weight is 363 g/mol. The number of hydrogen-bond donors (Lipinski definition) is 1. The lowest BCUT2D eigenvalue weighted by molar-refractivity contribution is -0.133. The van der Waals surface area contributed by atoms with E-state index in [0.717, 1.165) is 11.3 Å². The number of benzene rings is 2. The molecule has 0 aliphatic carbocycles. The normalized spacial score (nSPS) is 17.4. The molecule has 1 unspecified atom stereocenters. The molecule has 0 saturated carbocycles. The largest absolute Gasteiger partial charge is 0.496 e. The smallest absolute Gasteiger partial charge is 0.227 e. The van der Waals surface area contributed by atoms with E-state index < -0.39 is 5.82 Å². The number of methoxy groups -OCH3 is 1. The van der Waals surface area contributed by atoms with Crippen molar-refractivity contribution in [3.63, 3.8) is 0 Å². The lowest BCUT2D eigenvalue weighted by atomic mass is 10.0. The van der Waals surface area contributed by atoms with Crippen molar-refractivity contribution in [1.82, 2.24) is 10.2 Å². The number of ether oxygens (including phenoxy) is 1. The predicted octanol–water partition coefficient (Wildman–Crippen LogP) is 3.20. The molecule has 0 aromatic heterocycles. The van der Waals surface area contributed by atoms with Gasteiger partial charge in [-0.3, -0.25) is 4.79 Å².